The molecule has 1 aliphatic rings. The molecule has 13 heavy (non-hydrogen) atoms. The third-order valence-electron chi connectivity index (χ3n) is 2.42. The summed E-state index contributed by atoms with van der Waals surface area (Å²) < 4.78 is 12.9. The maximum atomic E-state index is 12.9. The molecule has 1 heterocycles. The topological polar surface area (TPSA) is 26.0 Å². The molecule has 1 fully saturated rings. The Morgan fingerprint density at radius 1 is 1.46 bits per heavy atom. The van der Waals surface area contributed by atoms with E-state index in [0.29, 0.717) is 5.92 Å². The third kappa shape index (κ3) is 1.80. The first-order chi connectivity index (χ1) is 6.27. The van der Waals surface area contributed by atoms with E-state index in [-0.39, 0.29) is 11.5 Å². The SMILES string of the molecule is Nc1cc(C2CCSC2)ccc1F. The smallest absolute Gasteiger partial charge is 0.146 e. The van der Waals surface area contributed by atoms with Gasteiger partial charge in [-0.05, 0) is 35.8 Å². The summed E-state index contributed by atoms with van der Waals surface area (Å²) in [5, 5.41) is 0. The first-order valence-electron chi connectivity index (χ1n) is 4.40. The van der Waals surface area contributed by atoms with Gasteiger partial charge in [-0.2, -0.15) is 11.8 Å². The minimum absolute atomic E-state index is 0.273. The predicted octanol–water partition coefficient (Wildman–Crippen LogP) is 2.63. The van der Waals surface area contributed by atoms with Gasteiger partial charge in [0.05, 0.1) is 5.69 Å². The second kappa shape index (κ2) is 3.58. The Morgan fingerprint density at radius 3 is 2.92 bits per heavy atom. The van der Waals surface area contributed by atoms with Gasteiger partial charge in [-0.15, -0.1) is 0 Å². The van der Waals surface area contributed by atoms with Gasteiger partial charge >= 0.3 is 0 Å². The molecule has 70 valence electrons. The highest BCUT2D eigenvalue weighted by Gasteiger charge is 2.17. The zero-order valence-electron chi connectivity index (χ0n) is 7.29. The number of hydrogen-bond donors (Lipinski definition) is 1. The van der Waals surface area contributed by atoms with Gasteiger partial charge in [-0.1, -0.05) is 6.07 Å². The fraction of sp³-hybridized carbons (Fsp3) is 0.400. The molecular weight excluding hydrogens is 185 g/mol. The minimum atomic E-state index is -0.311. The minimum Gasteiger partial charge on any atom is -0.396 e. The predicted molar refractivity (Wildman–Crippen MR) is 55.5 cm³/mol. The molecule has 2 N–H and O–H groups in total. The Kier molecular flexibility index (Phi) is 2.44. The van der Waals surface area contributed by atoms with Crippen molar-refractivity contribution in [2.75, 3.05) is 17.2 Å². The molecule has 0 amide bonds. The van der Waals surface area contributed by atoms with Gasteiger partial charge in [-0.3, -0.25) is 0 Å². The first kappa shape index (κ1) is 8.88. The summed E-state index contributed by atoms with van der Waals surface area (Å²) in [6.45, 7) is 0. The second-order valence-corrected chi connectivity index (χ2v) is 4.49. The van der Waals surface area contributed by atoms with Crippen LogP contribution < -0.4 is 5.73 Å². The summed E-state index contributed by atoms with van der Waals surface area (Å²) in [4.78, 5) is 0. The number of nitrogens with two attached hydrogens (primary N) is 1. The van der Waals surface area contributed by atoms with Crippen LogP contribution in [0.3, 0.4) is 0 Å². The standard InChI is InChI=1S/C10H12FNS/c11-9-2-1-7(5-10(9)12)8-3-4-13-6-8/h1-2,5,8H,3-4,6,12H2. The summed E-state index contributed by atoms with van der Waals surface area (Å²) in [6, 6.07) is 5.09. The van der Waals surface area contributed by atoms with Gasteiger partial charge in [-0.25, -0.2) is 4.39 Å². The van der Waals surface area contributed by atoms with E-state index in [1.54, 1.807) is 6.07 Å². The molecule has 0 spiro atoms. The van der Waals surface area contributed by atoms with E-state index in [1.165, 1.54) is 23.8 Å². The summed E-state index contributed by atoms with van der Waals surface area (Å²) in [6.07, 6.45) is 1.19. The van der Waals surface area contributed by atoms with Crippen molar-refractivity contribution < 1.29 is 4.39 Å². The summed E-state index contributed by atoms with van der Waals surface area (Å²) >= 11 is 1.95. The van der Waals surface area contributed by atoms with Crippen LogP contribution in [0.5, 0.6) is 0 Å². The van der Waals surface area contributed by atoms with E-state index in [0.717, 1.165) is 5.75 Å². The molecule has 1 atom stereocenters. The van der Waals surface area contributed by atoms with Crippen LogP contribution in [0.4, 0.5) is 10.1 Å². The summed E-state index contributed by atoms with van der Waals surface area (Å²) in [5.74, 6) is 2.62. The van der Waals surface area contributed by atoms with Crippen LogP contribution in [0.15, 0.2) is 18.2 Å². The largest absolute Gasteiger partial charge is 0.396 e. The molecule has 0 bridgehead atoms. The van der Waals surface area contributed by atoms with Gasteiger partial charge in [0.15, 0.2) is 0 Å². The van der Waals surface area contributed by atoms with Crippen LogP contribution in [0.2, 0.25) is 0 Å². The number of hydrogen-bond acceptors (Lipinski definition) is 2. The first-order valence-corrected chi connectivity index (χ1v) is 5.55. The molecule has 1 aromatic carbocycles. The Labute approximate surface area is 81.5 Å². The van der Waals surface area contributed by atoms with Gasteiger partial charge in [0, 0.05) is 5.75 Å². The van der Waals surface area contributed by atoms with Crippen LogP contribution in [0.1, 0.15) is 17.9 Å². The number of thioether (sulfide) groups is 1. The Bertz CT molecular complexity index is 308. The number of halogens is 1. The highest BCUT2D eigenvalue weighted by molar-refractivity contribution is 7.99. The average molecular weight is 197 g/mol. The van der Waals surface area contributed by atoms with Crippen molar-refractivity contribution in [3.05, 3.63) is 29.6 Å². The summed E-state index contributed by atoms with van der Waals surface area (Å²) in [5.41, 5.74) is 6.96. The number of benzene rings is 1. The fourth-order valence-electron chi connectivity index (χ4n) is 1.61. The zero-order chi connectivity index (χ0) is 9.26. The molecule has 3 heteroatoms. The van der Waals surface area contributed by atoms with E-state index >= 15 is 0 Å². The molecule has 1 saturated heterocycles. The van der Waals surface area contributed by atoms with Gasteiger partial charge in [0.1, 0.15) is 5.82 Å². The molecule has 0 saturated carbocycles. The van der Waals surface area contributed by atoms with Crippen LogP contribution in [-0.4, -0.2) is 11.5 Å². The monoisotopic (exact) mass is 197 g/mol. The van der Waals surface area contributed by atoms with Gasteiger partial charge in [0.25, 0.3) is 0 Å². The molecule has 2 rings (SSSR count). The molecule has 1 nitrogen and oxygen atoms in total. The van der Waals surface area contributed by atoms with Crippen LogP contribution >= 0.6 is 11.8 Å². The second-order valence-electron chi connectivity index (χ2n) is 3.34. The van der Waals surface area contributed by atoms with Crippen LogP contribution in [-0.2, 0) is 0 Å². The van der Waals surface area contributed by atoms with Gasteiger partial charge in [0.2, 0.25) is 0 Å². The van der Waals surface area contributed by atoms with Crippen molar-refractivity contribution in [2.45, 2.75) is 12.3 Å². The molecule has 0 radical (unpaired) electrons. The van der Waals surface area contributed by atoms with Crippen molar-refractivity contribution in [3.8, 4) is 0 Å². The van der Waals surface area contributed by atoms with E-state index in [2.05, 4.69) is 0 Å². The molecule has 1 aromatic rings. The lowest BCUT2D eigenvalue weighted by atomic mass is 9.98. The molecule has 1 unspecified atom stereocenters. The fourth-order valence-corrected chi connectivity index (χ4v) is 2.88. The van der Waals surface area contributed by atoms with Gasteiger partial charge < -0.3 is 5.73 Å². The van der Waals surface area contributed by atoms with E-state index in [4.69, 9.17) is 5.73 Å². The number of anilines is 1. The maximum Gasteiger partial charge on any atom is 0.146 e. The molecular formula is C10H12FNS. The zero-order valence-corrected chi connectivity index (χ0v) is 8.11. The van der Waals surface area contributed by atoms with E-state index in [1.807, 2.05) is 17.8 Å². The normalized spacial score (nSPS) is 22.1. The van der Waals surface area contributed by atoms with E-state index < -0.39 is 0 Å². The van der Waals surface area contributed by atoms with Crippen molar-refractivity contribution in [3.63, 3.8) is 0 Å². The van der Waals surface area contributed by atoms with Crippen molar-refractivity contribution >= 4 is 17.4 Å². The van der Waals surface area contributed by atoms with Crippen molar-refractivity contribution in [1.29, 1.82) is 0 Å². The number of rotatable bonds is 1. The average Bonchev–Trinajstić information content (AvgIpc) is 2.62. The quantitative estimate of drug-likeness (QED) is 0.700. The van der Waals surface area contributed by atoms with Crippen molar-refractivity contribution in [2.24, 2.45) is 0 Å². The summed E-state index contributed by atoms with van der Waals surface area (Å²) in [7, 11) is 0. The lowest BCUT2D eigenvalue weighted by Gasteiger charge is -2.09. The highest BCUT2D eigenvalue weighted by atomic mass is 32.2. The number of nitrogen functional groups attached to an aromatic ring is 1. The van der Waals surface area contributed by atoms with Crippen molar-refractivity contribution in [1.82, 2.24) is 0 Å². The Morgan fingerprint density at radius 2 is 2.31 bits per heavy atom. The molecule has 0 aliphatic carbocycles. The van der Waals surface area contributed by atoms with Crippen LogP contribution in [0.25, 0.3) is 0 Å². The molecule has 1 aliphatic heterocycles. The molecule has 0 aromatic heterocycles. The van der Waals surface area contributed by atoms with E-state index in [9.17, 15) is 4.39 Å². The Hall–Kier alpha value is -0.700. The highest BCUT2D eigenvalue weighted by Crippen LogP contribution is 2.33. The van der Waals surface area contributed by atoms with Crippen LogP contribution in [0, 0.1) is 5.82 Å². The lowest BCUT2D eigenvalue weighted by molar-refractivity contribution is 0.630. The maximum absolute atomic E-state index is 12.9. The Balaban J connectivity index is 2.25. The third-order valence-corrected chi connectivity index (χ3v) is 3.58. The lowest BCUT2D eigenvalue weighted by Crippen LogP contribution is -1.99.